The standard InChI is InChI=1S/C18H27NOS/c1-19-17(13-15-5-3-2-4-6-15)16-7-10-20-18(14-16)8-11-21-12-9-18/h2-6,16-17,19H,7-14H2,1H3. The molecule has 2 fully saturated rings. The van der Waals surface area contributed by atoms with Gasteiger partial charge in [0.05, 0.1) is 5.60 Å². The number of hydrogen-bond donors (Lipinski definition) is 1. The van der Waals surface area contributed by atoms with E-state index in [-0.39, 0.29) is 5.60 Å². The van der Waals surface area contributed by atoms with Crippen LogP contribution in [0.4, 0.5) is 0 Å². The molecule has 21 heavy (non-hydrogen) atoms. The molecule has 3 heteroatoms. The van der Waals surface area contributed by atoms with Crippen LogP contribution in [0.2, 0.25) is 0 Å². The van der Waals surface area contributed by atoms with Gasteiger partial charge in [-0.1, -0.05) is 30.3 Å². The molecule has 2 nitrogen and oxygen atoms in total. The molecular weight excluding hydrogens is 278 g/mol. The van der Waals surface area contributed by atoms with Crippen LogP contribution in [0.15, 0.2) is 30.3 Å². The van der Waals surface area contributed by atoms with Gasteiger partial charge in [-0.25, -0.2) is 0 Å². The number of benzene rings is 1. The minimum atomic E-state index is 0.194. The molecular formula is C18H27NOS. The molecule has 116 valence electrons. The molecule has 0 bridgehead atoms. The Morgan fingerprint density at radius 3 is 2.76 bits per heavy atom. The Labute approximate surface area is 133 Å². The molecule has 1 aromatic rings. The van der Waals surface area contributed by atoms with Gasteiger partial charge >= 0.3 is 0 Å². The average Bonchev–Trinajstić information content (AvgIpc) is 2.54. The third-order valence-electron chi connectivity index (χ3n) is 5.17. The van der Waals surface area contributed by atoms with Crippen molar-refractivity contribution in [1.29, 1.82) is 0 Å². The summed E-state index contributed by atoms with van der Waals surface area (Å²) in [6.07, 6.45) is 6.07. The van der Waals surface area contributed by atoms with E-state index < -0.39 is 0 Å². The maximum absolute atomic E-state index is 6.24. The Morgan fingerprint density at radius 1 is 1.29 bits per heavy atom. The van der Waals surface area contributed by atoms with E-state index in [0.29, 0.717) is 6.04 Å². The molecule has 0 aromatic heterocycles. The molecule has 0 amide bonds. The van der Waals surface area contributed by atoms with Crippen molar-refractivity contribution in [2.24, 2.45) is 5.92 Å². The Morgan fingerprint density at radius 2 is 2.05 bits per heavy atom. The molecule has 1 aromatic carbocycles. The van der Waals surface area contributed by atoms with Crippen LogP contribution in [0.1, 0.15) is 31.2 Å². The third-order valence-corrected chi connectivity index (χ3v) is 6.16. The van der Waals surface area contributed by atoms with Crippen molar-refractivity contribution >= 4 is 11.8 Å². The van der Waals surface area contributed by atoms with Gasteiger partial charge in [0, 0.05) is 12.6 Å². The highest BCUT2D eigenvalue weighted by Gasteiger charge is 2.40. The molecule has 0 aliphatic carbocycles. The number of likely N-dealkylation sites (N-methyl/N-ethyl adjacent to an activating group) is 1. The van der Waals surface area contributed by atoms with E-state index in [0.717, 1.165) is 18.9 Å². The Kier molecular flexibility index (Phi) is 5.25. The Balaban J connectivity index is 1.65. The fraction of sp³-hybridized carbons (Fsp3) is 0.667. The van der Waals surface area contributed by atoms with Crippen molar-refractivity contribution in [2.75, 3.05) is 25.2 Å². The van der Waals surface area contributed by atoms with E-state index in [1.165, 1.54) is 42.8 Å². The van der Waals surface area contributed by atoms with Crippen molar-refractivity contribution in [3.05, 3.63) is 35.9 Å². The first-order chi connectivity index (χ1) is 10.3. The first-order valence-corrected chi connectivity index (χ1v) is 9.40. The molecule has 2 unspecified atom stereocenters. The first-order valence-electron chi connectivity index (χ1n) is 8.24. The molecule has 3 rings (SSSR count). The van der Waals surface area contributed by atoms with Gasteiger partial charge in [0.1, 0.15) is 0 Å². The summed E-state index contributed by atoms with van der Waals surface area (Å²) in [5.74, 6) is 3.29. The fourth-order valence-corrected chi connectivity index (χ4v) is 5.11. The van der Waals surface area contributed by atoms with Gasteiger partial charge in [0.25, 0.3) is 0 Å². The molecule has 2 aliphatic heterocycles. The Hall–Kier alpha value is -0.510. The van der Waals surface area contributed by atoms with Crippen molar-refractivity contribution in [1.82, 2.24) is 5.32 Å². The van der Waals surface area contributed by atoms with Gasteiger partial charge in [0.15, 0.2) is 0 Å². The minimum absolute atomic E-state index is 0.194. The average molecular weight is 305 g/mol. The lowest BCUT2D eigenvalue weighted by Gasteiger charge is -2.45. The van der Waals surface area contributed by atoms with Gasteiger partial charge < -0.3 is 10.1 Å². The van der Waals surface area contributed by atoms with E-state index in [2.05, 4.69) is 54.5 Å². The van der Waals surface area contributed by atoms with Crippen LogP contribution in [0, 0.1) is 5.92 Å². The number of thioether (sulfide) groups is 1. The molecule has 2 heterocycles. The molecule has 1 spiro atoms. The quantitative estimate of drug-likeness (QED) is 0.920. The van der Waals surface area contributed by atoms with E-state index in [1.54, 1.807) is 0 Å². The monoisotopic (exact) mass is 305 g/mol. The van der Waals surface area contributed by atoms with Crippen LogP contribution in [0.25, 0.3) is 0 Å². The van der Waals surface area contributed by atoms with Crippen LogP contribution in [0.3, 0.4) is 0 Å². The highest BCUT2D eigenvalue weighted by Crippen LogP contribution is 2.41. The zero-order valence-corrected chi connectivity index (χ0v) is 13.8. The van der Waals surface area contributed by atoms with E-state index in [4.69, 9.17) is 4.74 Å². The Bertz CT molecular complexity index is 425. The zero-order chi connectivity index (χ0) is 14.5. The lowest BCUT2D eigenvalue weighted by atomic mass is 9.77. The van der Waals surface area contributed by atoms with Crippen molar-refractivity contribution in [3.63, 3.8) is 0 Å². The summed E-state index contributed by atoms with van der Waals surface area (Å²) in [4.78, 5) is 0. The smallest absolute Gasteiger partial charge is 0.0701 e. The SMILES string of the molecule is CNC(Cc1ccccc1)C1CCOC2(CCSCC2)C1. The van der Waals surface area contributed by atoms with Gasteiger partial charge in [-0.15, -0.1) is 0 Å². The van der Waals surface area contributed by atoms with E-state index in [1.807, 2.05) is 0 Å². The summed E-state index contributed by atoms with van der Waals surface area (Å²) in [5.41, 5.74) is 1.64. The molecule has 0 radical (unpaired) electrons. The summed E-state index contributed by atoms with van der Waals surface area (Å²) in [7, 11) is 2.12. The molecule has 2 atom stereocenters. The minimum Gasteiger partial charge on any atom is -0.375 e. The van der Waals surface area contributed by atoms with Gasteiger partial charge in [-0.2, -0.15) is 11.8 Å². The summed E-state index contributed by atoms with van der Waals surface area (Å²) < 4.78 is 6.24. The molecule has 2 saturated heterocycles. The molecule has 1 N–H and O–H groups in total. The lowest BCUT2D eigenvalue weighted by molar-refractivity contribution is -0.107. The summed E-state index contributed by atoms with van der Waals surface area (Å²) in [5, 5.41) is 3.58. The summed E-state index contributed by atoms with van der Waals surface area (Å²) >= 11 is 2.08. The summed E-state index contributed by atoms with van der Waals surface area (Å²) in [6.45, 7) is 0.947. The number of hydrogen-bond acceptors (Lipinski definition) is 3. The third kappa shape index (κ3) is 3.82. The maximum atomic E-state index is 6.24. The second-order valence-corrected chi connectivity index (χ2v) is 7.71. The van der Waals surface area contributed by atoms with E-state index in [9.17, 15) is 0 Å². The van der Waals surface area contributed by atoms with Crippen LogP contribution in [-0.2, 0) is 11.2 Å². The van der Waals surface area contributed by atoms with Crippen LogP contribution in [-0.4, -0.2) is 36.8 Å². The van der Waals surface area contributed by atoms with Crippen molar-refractivity contribution in [2.45, 2.75) is 43.7 Å². The predicted molar refractivity (Wildman–Crippen MR) is 91.0 cm³/mol. The predicted octanol–water partition coefficient (Wildman–Crippen LogP) is 3.51. The van der Waals surface area contributed by atoms with Crippen LogP contribution >= 0.6 is 11.8 Å². The largest absolute Gasteiger partial charge is 0.375 e. The number of nitrogens with one attached hydrogen (secondary N) is 1. The fourth-order valence-electron chi connectivity index (χ4n) is 3.87. The molecule has 0 saturated carbocycles. The highest BCUT2D eigenvalue weighted by molar-refractivity contribution is 7.99. The van der Waals surface area contributed by atoms with Crippen molar-refractivity contribution in [3.8, 4) is 0 Å². The highest BCUT2D eigenvalue weighted by atomic mass is 32.2. The summed E-state index contributed by atoms with van der Waals surface area (Å²) in [6, 6.07) is 11.5. The van der Waals surface area contributed by atoms with Gasteiger partial charge in [0.2, 0.25) is 0 Å². The number of rotatable bonds is 4. The lowest BCUT2D eigenvalue weighted by Crippen LogP contribution is -2.48. The number of ether oxygens (including phenoxy) is 1. The zero-order valence-electron chi connectivity index (χ0n) is 13.0. The first kappa shape index (κ1) is 15.4. The second-order valence-electron chi connectivity index (χ2n) is 6.48. The topological polar surface area (TPSA) is 21.3 Å². The van der Waals surface area contributed by atoms with E-state index >= 15 is 0 Å². The van der Waals surface area contributed by atoms with Crippen LogP contribution < -0.4 is 5.32 Å². The second kappa shape index (κ2) is 7.17. The maximum Gasteiger partial charge on any atom is 0.0701 e. The van der Waals surface area contributed by atoms with Gasteiger partial charge in [-0.05, 0) is 62.1 Å². The van der Waals surface area contributed by atoms with Gasteiger partial charge in [-0.3, -0.25) is 0 Å². The molecule has 2 aliphatic rings. The normalized spacial score (nSPS) is 26.6. The van der Waals surface area contributed by atoms with Crippen molar-refractivity contribution < 1.29 is 4.74 Å². The van der Waals surface area contributed by atoms with Crippen LogP contribution in [0.5, 0.6) is 0 Å².